The van der Waals surface area contributed by atoms with Crippen LogP contribution >= 0.6 is 0 Å². The van der Waals surface area contributed by atoms with E-state index in [1.165, 1.54) is 25.3 Å². The summed E-state index contributed by atoms with van der Waals surface area (Å²) in [5.74, 6) is -0.572. The van der Waals surface area contributed by atoms with Crippen LogP contribution in [0.1, 0.15) is 10.4 Å². The van der Waals surface area contributed by atoms with E-state index in [0.717, 1.165) is 0 Å². The van der Waals surface area contributed by atoms with Gasteiger partial charge in [0.2, 0.25) is 0 Å². The van der Waals surface area contributed by atoms with Gasteiger partial charge in [0.15, 0.2) is 11.1 Å². The first-order valence-electron chi connectivity index (χ1n) is 3.65. The van der Waals surface area contributed by atoms with Gasteiger partial charge in [0.1, 0.15) is 0 Å². The number of nitrogen functional groups attached to an aromatic ring is 1. The third-order valence-corrected chi connectivity index (χ3v) is 2.35. The van der Waals surface area contributed by atoms with Crippen molar-refractivity contribution < 1.29 is 18.3 Å². The van der Waals surface area contributed by atoms with E-state index < -0.39 is 17.0 Å². The van der Waals surface area contributed by atoms with E-state index in [-0.39, 0.29) is 16.1 Å². The van der Waals surface area contributed by atoms with E-state index >= 15 is 0 Å². The van der Waals surface area contributed by atoms with Gasteiger partial charge in [-0.1, -0.05) is 0 Å². The van der Waals surface area contributed by atoms with Crippen molar-refractivity contribution in [2.75, 3.05) is 12.8 Å². The summed E-state index contributed by atoms with van der Waals surface area (Å²) in [7, 11) is 1.23. The molecule has 14 heavy (non-hydrogen) atoms. The maximum atomic E-state index is 11.1. The van der Waals surface area contributed by atoms with E-state index in [9.17, 15) is 9.00 Å². The van der Waals surface area contributed by atoms with Crippen molar-refractivity contribution in [2.24, 2.45) is 0 Å². The van der Waals surface area contributed by atoms with Gasteiger partial charge < -0.3 is 15.0 Å². The van der Waals surface area contributed by atoms with Gasteiger partial charge in [-0.25, -0.2) is 9.00 Å². The SMILES string of the molecule is COC(=O)c1ccc(N)c(S(=O)O)c1. The lowest BCUT2D eigenvalue weighted by Gasteiger charge is -2.03. The fraction of sp³-hybridized carbons (Fsp3) is 0.125. The largest absolute Gasteiger partial charge is 0.465 e. The summed E-state index contributed by atoms with van der Waals surface area (Å²) in [6, 6.07) is 4.05. The number of benzene rings is 1. The smallest absolute Gasteiger partial charge is 0.337 e. The Balaban J connectivity index is 3.19. The fourth-order valence-electron chi connectivity index (χ4n) is 0.930. The number of anilines is 1. The van der Waals surface area contributed by atoms with Crippen molar-refractivity contribution in [3.05, 3.63) is 23.8 Å². The molecule has 0 saturated carbocycles. The normalized spacial score (nSPS) is 12.1. The van der Waals surface area contributed by atoms with Crippen LogP contribution in [0.25, 0.3) is 0 Å². The van der Waals surface area contributed by atoms with Crippen LogP contribution in [0.3, 0.4) is 0 Å². The highest BCUT2D eigenvalue weighted by Crippen LogP contribution is 2.17. The Hall–Kier alpha value is -1.40. The average Bonchev–Trinajstić information content (AvgIpc) is 2.17. The minimum atomic E-state index is -2.20. The Kier molecular flexibility index (Phi) is 3.21. The zero-order valence-corrected chi connectivity index (χ0v) is 8.21. The number of carbonyl (C=O) groups is 1. The van der Waals surface area contributed by atoms with E-state index in [1.54, 1.807) is 0 Å². The first-order chi connectivity index (χ1) is 6.56. The molecule has 0 fully saturated rings. The molecule has 0 bridgehead atoms. The van der Waals surface area contributed by atoms with Crippen LogP contribution in [-0.4, -0.2) is 21.8 Å². The van der Waals surface area contributed by atoms with Gasteiger partial charge in [-0.05, 0) is 18.2 Å². The molecule has 1 unspecified atom stereocenters. The first kappa shape index (κ1) is 10.7. The second-order valence-corrected chi connectivity index (χ2v) is 3.43. The third kappa shape index (κ3) is 2.09. The number of hydrogen-bond acceptors (Lipinski definition) is 4. The molecular weight excluding hydrogens is 206 g/mol. The van der Waals surface area contributed by atoms with Gasteiger partial charge >= 0.3 is 5.97 Å². The number of esters is 1. The zero-order valence-electron chi connectivity index (χ0n) is 7.39. The van der Waals surface area contributed by atoms with Crippen molar-refractivity contribution in [3.63, 3.8) is 0 Å². The third-order valence-electron chi connectivity index (χ3n) is 1.62. The van der Waals surface area contributed by atoms with Crippen LogP contribution in [0.15, 0.2) is 23.1 Å². The molecule has 0 aliphatic rings. The van der Waals surface area contributed by atoms with Gasteiger partial charge in [0.25, 0.3) is 0 Å². The van der Waals surface area contributed by atoms with Crippen molar-refractivity contribution in [1.29, 1.82) is 0 Å². The molecule has 0 spiro atoms. The second kappa shape index (κ2) is 4.21. The molecule has 1 atom stereocenters. The summed E-state index contributed by atoms with van der Waals surface area (Å²) >= 11 is -2.20. The standard InChI is InChI=1S/C8H9NO4S/c1-13-8(10)5-2-3-6(9)7(4-5)14(11)12/h2-4H,9H2,1H3,(H,11,12). The number of nitrogens with two attached hydrogens (primary N) is 1. The summed E-state index contributed by atoms with van der Waals surface area (Å²) in [6.07, 6.45) is 0. The monoisotopic (exact) mass is 215 g/mol. The molecule has 0 aliphatic carbocycles. The van der Waals surface area contributed by atoms with Crippen LogP contribution in [-0.2, 0) is 15.8 Å². The van der Waals surface area contributed by atoms with Crippen molar-refractivity contribution in [2.45, 2.75) is 4.90 Å². The molecule has 0 aliphatic heterocycles. The van der Waals surface area contributed by atoms with E-state index in [4.69, 9.17) is 10.3 Å². The maximum Gasteiger partial charge on any atom is 0.337 e. The van der Waals surface area contributed by atoms with Gasteiger partial charge in [-0.15, -0.1) is 0 Å². The Labute approximate surface area is 83.2 Å². The number of rotatable bonds is 2. The van der Waals surface area contributed by atoms with Crippen molar-refractivity contribution in [1.82, 2.24) is 0 Å². The Morgan fingerprint density at radius 3 is 2.71 bits per heavy atom. The highest BCUT2D eigenvalue weighted by molar-refractivity contribution is 7.79. The predicted molar refractivity (Wildman–Crippen MR) is 51.2 cm³/mol. The molecular formula is C8H9NO4S. The van der Waals surface area contributed by atoms with Gasteiger partial charge in [-0.2, -0.15) is 0 Å². The molecule has 1 aromatic carbocycles. The van der Waals surface area contributed by atoms with Crippen LogP contribution < -0.4 is 5.73 Å². The molecule has 3 N–H and O–H groups in total. The van der Waals surface area contributed by atoms with Crippen LogP contribution in [0, 0.1) is 0 Å². The molecule has 0 heterocycles. The Morgan fingerprint density at radius 1 is 1.57 bits per heavy atom. The van der Waals surface area contributed by atoms with E-state index in [0.29, 0.717) is 0 Å². The molecule has 0 aromatic heterocycles. The average molecular weight is 215 g/mol. The number of hydrogen-bond donors (Lipinski definition) is 2. The molecule has 5 nitrogen and oxygen atoms in total. The minimum absolute atomic E-state index is 0.00731. The second-order valence-electron chi connectivity index (χ2n) is 2.49. The van der Waals surface area contributed by atoms with Crippen molar-refractivity contribution >= 4 is 22.7 Å². The molecule has 76 valence electrons. The lowest BCUT2D eigenvalue weighted by molar-refractivity contribution is 0.0600. The Morgan fingerprint density at radius 2 is 2.21 bits per heavy atom. The highest BCUT2D eigenvalue weighted by atomic mass is 32.2. The fourth-order valence-corrected chi connectivity index (χ4v) is 1.43. The Bertz CT molecular complexity index is 391. The van der Waals surface area contributed by atoms with Crippen LogP contribution in [0.2, 0.25) is 0 Å². The van der Waals surface area contributed by atoms with Crippen LogP contribution in [0.4, 0.5) is 5.69 Å². The molecule has 1 rings (SSSR count). The van der Waals surface area contributed by atoms with Crippen LogP contribution in [0.5, 0.6) is 0 Å². The lowest BCUT2D eigenvalue weighted by atomic mass is 10.2. The molecule has 6 heteroatoms. The molecule has 0 radical (unpaired) electrons. The highest BCUT2D eigenvalue weighted by Gasteiger charge is 2.11. The summed E-state index contributed by atoms with van der Waals surface area (Å²) < 4.78 is 24.0. The summed E-state index contributed by atoms with van der Waals surface area (Å²) in [5.41, 5.74) is 5.79. The topological polar surface area (TPSA) is 89.6 Å². The predicted octanol–water partition coefficient (Wildman–Crippen LogP) is 0.636. The number of ether oxygens (including phenoxy) is 1. The quantitative estimate of drug-likeness (QED) is 0.429. The summed E-state index contributed by atoms with van der Waals surface area (Å²) in [4.78, 5) is 11.1. The van der Waals surface area contributed by atoms with E-state index in [1.807, 2.05) is 0 Å². The minimum Gasteiger partial charge on any atom is -0.465 e. The number of carbonyl (C=O) groups excluding carboxylic acids is 1. The summed E-state index contributed by atoms with van der Waals surface area (Å²) in [5, 5.41) is 0. The zero-order chi connectivity index (χ0) is 10.7. The molecule has 0 saturated heterocycles. The van der Waals surface area contributed by atoms with Gasteiger partial charge in [0.05, 0.1) is 23.3 Å². The van der Waals surface area contributed by atoms with E-state index in [2.05, 4.69) is 4.74 Å². The van der Waals surface area contributed by atoms with Gasteiger partial charge in [-0.3, -0.25) is 0 Å². The van der Waals surface area contributed by atoms with Gasteiger partial charge in [0, 0.05) is 0 Å². The molecule has 1 aromatic rings. The lowest BCUT2D eigenvalue weighted by Crippen LogP contribution is -2.04. The number of methoxy groups -OCH3 is 1. The molecule has 0 amide bonds. The maximum absolute atomic E-state index is 11.1. The van der Waals surface area contributed by atoms with Crippen molar-refractivity contribution in [3.8, 4) is 0 Å². The summed E-state index contributed by atoms with van der Waals surface area (Å²) in [6.45, 7) is 0. The first-order valence-corrected chi connectivity index (χ1v) is 4.75.